The van der Waals surface area contributed by atoms with Crippen LogP contribution in [0.3, 0.4) is 0 Å². The Morgan fingerprint density at radius 3 is 2.59 bits per heavy atom. The first kappa shape index (κ1) is 23.1. The number of methoxy groups -OCH3 is 1. The summed E-state index contributed by atoms with van der Waals surface area (Å²) in [6.07, 6.45) is 3.44. The van der Waals surface area contributed by atoms with Crippen LogP contribution in [0, 0.1) is 0 Å². The summed E-state index contributed by atoms with van der Waals surface area (Å²) in [5, 5.41) is 0.544. The van der Waals surface area contributed by atoms with Crippen molar-refractivity contribution in [1.82, 2.24) is 4.90 Å². The zero-order valence-corrected chi connectivity index (χ0v) is 19.0. The van der Waals surface area contributed by atoms with Crippen LogP contribution in [0.1, 0.15) is 22.8 Å². The molecule has 8 heteroatoms. The SMILES string of the molecule is C=CCOc1ccc(C=C2SC(=Nc3ccc(C(=O)OCC)cc3)N(C)C2=O)cc1OC. The number of aliphatic imine (C=N–C) groups is 1. The van der Waals surface area contributed by atoms with Gasteiger partial charge in [-0.05, 0) is 66.7 Å². The number of amidine groups is 1. The van der Waals surface area contributed by atoms with E-state index in [9.17, 15) is 9.59 Å². The van der Waals surface area contributed by atoms with E-state index in [-0.39, 0.29) is 11.9 Å². The van der Waals surface area contributed by atoms with Crippen LogP contribution in [-0.4, -0.2) is 49.3 Å². The lowest BCUT2D eigenvalue weighted by Crippen LogP contribution is -2.23. The fraction of sp³-hybridized carbons (Fsp3) is 0.208. The van der Waals surface area contributed by atoms with Crippen molar-refractivity contribution in [2.45, 2.75) is 6.92 Å². The Morgan fingerprint density at radius 1 is 1.19 bits per heavy atom. The molecule has 0 aliphatic carbocycles. The van der Waals surface area contributed by atoms with Crippen molar-refractivity contribution in [3.8, 4) is 11.5 Å². The smallest absolute Gasteiger partial charge is 0.338 e. The van der Waals surface area contributed by atoms with Gasteiger partial charge in [0, 0.05) is 7.05 Å². The number of hydrogen-bond donors (Lipinski definition) is 0. The van der Waals surface area contributed by atoms with Crippen LogP contribution in [0.5, 0.6) is 11.5 Å². The number of likely N-dealkylation sites (N-methyl/N-ethyl adjacent to an activating group) is 1. The Bertz CT molecular complexity index is 1080. The number of nitrogens with zero attached hydrogens (tertiary/aromatic N) is 2. The number of hydrogen-bond acceptors (Lipinski definition) is 7. The van der Waals surface area contributed by atoms with Crippen LogP contribution in [-0.2, 0) is 9.53 Å². The van der Waals surface area contributed by atoms with Gasteiger partial charge >= 0.3 is 5.97 Å². The average Bonchev–Trinajstić information content (AvgIpc) is 3.06. The molecule has 0 unspecified atom stereocenters. The first-order valence-corrected chi connectivity index (χ1v) is 10.7. The van der Waals surface area contributed by atoms with Crippen LogP contribution in [0.25, 0.3) is 6.08 Å². The van der Waals surface area contributed by atoms with Crippen LogP contribution < -0.4 is 9.47 Å². The summed E-state index contributed by atoms with van der Waals surface area (Å²) in [5.41, 5.74) is 1.89. The molecule has 2 aromatic carbocycles. The molecule has 1 aliphatic rings. The topological polar surface area (TPSA) is 77.4 Å². The molecule has 0 aromatic heterocycles. The third-order valence-corrected chi connectivity index (χ3v) is 5.51. The van der Waals surface area contributed by atoms with Gasteiger partial charge in [0.2, 0.25) is 0 Å². The molecule has 1 amide bonds. The Kier molecular flexibility index (Phi) is 7.72. The van der Waals surface area contributed by atoms with E-state index in [0.29, 0.717) is 46.0 Å². The van der Waals surface area contributed by atoms with E-state index >= 15 is 0 Å². The van der Waals surface area contributed by atoms with Crippen molar-refractivity contribution in [2.75, 3.05) is 27.4 Å². The lowest BCUT2D eigenvalue weighted by molar-refractivity contribution is -0.121. The first-order valence-electron chi connectivity index (χ1n) is 9.92. The summed E-state index contributed by atoms with van der Waals surface area (Å²) in [6.45, 7) is 6.08. The maximum Gasteiger partial charge on any atom is 0.338 e. The van der Waals surface area contributed by atoms with Gasteiger partial charge in [0.25, 0.3) is 5.91 Å². The van der Waals surface area contributed by atoms with Crippen molar-refractivity contribution in [3.63, 3.8) is 0 Å². The van der Waals surface area contributed by atoms with Gasteiger partial charge in [-0.3, -0.25) is 9.69 Å². The highest BCUT2D eigenvalue weighted by Crippen LogP contribution is 2.35. The molecule has 32 heavy (non-hydrogen) atoms. The molecular formula is C24H24N2O5S. The minimum absolute atomic E-state index is 0.150. The van der Waals surface area contributed by atoms with E-state index in [1.807, 2.05) is 12.1 Å². The standard InChI is InChI=1S/C24H24N2O5S/c1-5-13-31-19-12-7-16(14-20(19)29-4)15-21-22(27)26(3)24(32-21)25-18-10-8-17(9-11-18)23(28)30-6-2/h5,7-12,14-15H,1,6,13H2,2-4H3. The van der Waals surface area contributed by atoms with Crippen LogP contribution in [0.15, 0.2) is 65.0 Å². The molecule has 3 rings (SSSR count). The molecule has 0 N–H and O–H groups in total. The minimum Gasteiger partial charge on any atom is -0.493 e. The highest BCUT2D eigenvalue weighted by atomic mass is 32.2. The Hall–Kier alpha value is -3.52. The van der Waals surface area contributed by atoms with Gasteiger partial charge in [0.1, 0.15) is 6.61 Å². The van der Waals surface area contributed by atoms with E-state index in [2.05, 4.69) is 11.6 Å². The summed E-state index contributed by atoms with van der Waals surface area (Å²) < 4.78 is 15.9. The molecule has 166 valence electrons. The average molecular weight is 453 g/mol. The van der Waals surface area contributed by atoms with Gasteiger partial charge in [-0.15, -0.1) is 0 Å². The quantitative estimate of drug-likeness (QED) is 0.329. The Morgan fingerprint density at radius 2 is 1.94 bits per heavy atom. The molecule has 0 saturated carbocycles. The van der Waals surface area contributed by atoms with Crippen molar-refractivity contribution < 1.29 is 23.8 Å². The zero-order chi connectivity index (χ0) is 23.1. The number of amides is 1. The third kappa shape index (κ3) is 5.39. The second kappa shape index (κ2) is 10.7. The van der Waals surface area contributed by atoms with Gasteiger partial charge in [0.05, 0.1) is 29.9 Å². The second-order valence-corrected chi connectivity index (χ2v) is 7.66. The molecule has 1 saturated heterocycles. The summed E-state index contributed by atoms with van der Waals surface area (Å²) in [7, 11) is 3.24. The number of carbonyl (C=O) groups excluding carboxylic acids is 2. The van der Waals surface area contributed by atoms with E-state index in [0.717, 1.165) is 5.56 Å². The Balaban J connectivity index is 1.80. The van der Waals surface area contributed by atoms with Gasteiger partial charge in [-0.2, -0.15) is 0 Å². The van der Waals surface area contributed by atoms with Gasteiger partial charge < -0.3 is 14.2 Å². The monoisotopic (exact) mass is 452 g/mol. The van der Waals surface area contributed by atoms with Crippen molar-refractivity contribution in [1.29, 1.82) is 0 Å². The first-order chi connectivity index (χ1) is 15.5. The summed E-state index contributed by atoms with van der Waals surface area (Å²) in [5.74, 6) is 0.643. The maximum atomic E-state index is 12.7. The number of thioether (sulfide) groups is 1. The van der Waals surface area contributed by atoms with Crippen LogP contribution in [0.4, 0.5) is 5.69 Å². The number of ether oxygens (including phenoxy) is 3. The van der Waals surface area contributed by atoms with E-state index in [1.54, 1.807) is 63.6 Å². The van der Waals surface area contributed by atoms with E-state index < -0.39 is 0 Å². The fourth-order valence-corrected chi connectivity index (χ4v) is 3.83. The highest BCUT2D eigenvalue weighted by molar-refractivity contribution is 8.18. The zero-order valence-electron chi connectivity index (χ0n) is 18.2. The highest BCUT2D eigenvalue weighted by Gasteiger charge is 2.30. The number of benzene rings is 2. The number of carbonyl (C=O) groups is 2. The van der Waals surface area contributed by atoms with Crippen molar-refractivity contribution in [3.05, 3.63) is 71.2 Å². The largest absolute Gasteiger partial charge is 0.493 e. The second-order valence-electron chi connectivity index (χ2n) is 6.65. The van der Waals surface area contributed by atoms with Crippen LogP contribution in [0.2, 0.25) is 0 Å². The third-order valence-electron chi connectivity index (χ3n) is 4.45. The van der Waals surface area contributed by atoms with Gasteiger partial charge in [0.15, 0.2) is 16.7 Å². The lowest BCUT2D eigenvalue weighted by atomic mass is 10.2. The lowest BCUT2D eigenvalue weighted by Gasteiger charge is -2.10. The minimum atomic E-state index is -0.379. The number of rotatable bonds is 8. The normalized spacial score (nSPS) is 15.8. The van der Waals surface area contributed by atoms with E-state index in [4.69, 9.17) is 14.2 Å². The molecule has 2 aromatic rings. The number of esters is 1. The fourth-order valence-electron chi connectivity index (χ4n) is 2.84. The molecule has 1 aliphatic heterocycles. The summed E-state index contributed by atoms with van der Waals surface area (Å²) >= 11 is 1.28. The molecule has 1 fully saturated rings. The summed E-state index contributed by atoms with van der Waals surface area (Å²) in [4.78, 5) is 31.1. The molecule has 1 heterocycles. The maximum absolute atomic E-state index is 12.7. The van der Waals surface area contributed by atoms with Crippen molar-refractivity contribution in [2.24, 2.45) is 4.99 Å². The summed E-state index contributed by atoms with van der Waals surface area (Å²) in [6, 6.07) is 12.2. The van der Waals surface area contributed by atoms with Crippen molar-refractivity contribution >= 4 is 40.6 Å². The molecule has 0 atom stereocenters. The van der Waals surface area contributed by atoms with Gasteiger partial charge in [-0.25, -0.2) is 9.79 Å². The van der Waals surface area contributed by atoms with E-state index in [1.165, 1.54) is 16.7 Å². The predicted molar refractivity (Wildman–Crippen MR) is 127 cm³/mol. The molecule has 0 radical (unpaired) electrons. The molecule has 0 bridgehead atoms. The van der Waals surface area contributed by atoms with Crippen LogP contribution >= 0.6 is 11.8 Å². The van der Waals surface area contributed by atoms with Gasteiger partial charge in [-0.1, -0.05) is 18.7 Å². The predicted octanol–water partition coefficient (Wildman–Crippen LogP) is 4.67. The Labute approximate surface area is 191 Å². The molecular weight excluding hydrogens is 428 g/mol. The molecule has 0 spiro atoms. The molecule has 7 nitrogen and oxygen atoms in total.